The molecule has 2 aliphatic heterocycles. The molecule has 2 aromatic rings. The van der Waals surface area contributed by atoms with Crippen LogP contribution in [0.15, 0.2) is 47.7 Å². The average molecular weight is 419 g/mol. The van der Waals surface area contributed by atoms with Crippen LogP contribution in [0, 0.1) is 5.82 Å². The van der Waals surface area contributed by atoms with Gasteiger partial charge in [-0.1, -0.05) is 17.7 Å². The largest absolute Gasteiger partial charge is 0.509 e. The summed E-state index contributed by atoms with van der Waals surface area (Å²) in [5.41, 5.74) is 0.810. The second-order valence-electron chi connectivity index (χ2n) is 6.57. The molecule has 29 heavy (non-hydrogen) atoms. The van der Waals surface area contributed by atoms with Crippen LogP contribution in [0.5, 0.6) is 11.5 Å². The van der Waals surface area contributed by atoms with Crippen molar-refractivity contribution in [1.82, 2.24) is 4.90 Å². The van der Waals surface area contributed by atoms with Crippen molar-refractivity contribution in [3.05, 3.63) is 64.1 Å². The van der Waals surface area contributed by atoms with Crippen molar-refractivity contribution in [3.63, 3.8) is 0 Å². The van der Waals surface area contributed by atoms with Crippen LogP contribution in [0.2, 0.25) is 5.02 Å². The third-order valence-electron chi connectivity index (χ3n) is 4.64. The summed E-state index contributed by atoms with van der Waals surface area (Å²) in [6.45, 7) is 0.428. The van der Waals surface area contributed by atoms with Gasteiger partial charge in [0.1, 0.15) is 17.1 Å². The number of carbonyl (C=O) groups is 2. The summed E-state index contributed by atoms with van der Waals surface area (Å²) in [4.78, 5) is 26.4. The average Bonchev–Trinajstić information content (AvgIpc) is 3.26. The Bertz CT molecular complexity index is 1040. The molecule has 2 aliphatic rings. The van der Waals surface area contributed by atoms with Gasteiger partial charge in [-0.05, 0) is 42.3 Å². The SMILES string of the molecule is O=C(Nc1ccc(F)c(Cl)c1)C1=C(O)CN(CCc2ccc3c(c2)OCO3)C1=O. The highest BCUT2D eigenvalue weighted by molar-refractivity contribution is 6.31. The third kappa shape index (κ3) is 3.84. The van der Waals surface area contributed by atoms with Crippen molar-refractivity contribution < 1.29 is 28.6 Å². The fraction of sp³-hybridized carbons (Fsp3) is 0.200. The van der Waals surface area contributed by atoms with Crippen LogP contribution in [-0.4, -0.2) is 41.7 Å². The van der Waals surface area contributed by atoms with Gasteiger partial charge in [0.2, 0.25) is 6.79 Å². The molecule has 2 N–H and O–H groups in total. The van der Waals surface area contributed by atoms with E-state index in [9.17, 15) is 19.1 Å². The van der Waals surface area contributed by atoms with Crippen molar-refractivity contribution in [1.29, 1.82) is 0 Å². The highest BCUT2D eigenvalue weighted by Gasteiger charge is 2.35. The highest BCUT2D eigenvalue weighted by atomic mass is 35.5. The smallest absolute Gasteiger partial charge is 0.264 e. The van der Waals surface area contributed by atoms with Crippen LogP contribution in [0.4, 0.5) is 10.1 Å². The van der Waals surface area contributed by atoms with E-state index in [2.05, 4.69) is 5.32 Å². The van der Waals surface area contributed by atoms with Gasteiger partial charge in [-0.15, -0.1) is 0 Å². The first-order valence-corrected chi connectivity index (χ1v) is 9.16. The second-order valence-corrected chi connectivity index (χ2v) is 6.98. The van der Waals surface area contributed by atoms with E-state index in [1.54, 1.807) is 6.07 Å². The van der Waals surface area contributed by atoms with E-state index in [-0.39, 0.29) is 35.4 Å². The van der Waals surface area contributed by atoms with Gasteiger partial charge in [-0.25, -0.2) is 4.39 Å². The lowest BCUT2D eigenvalue weighted by molar-refractivity contribution is -0.127. The van der Waals surface area contributed by atoms with Crippen LogP contribution >= 0.6 is 11.6 Å². The summed E-state index contributed by atoms with van der Waals surface area (Å²) in [6.07, 6.45) is 0.512. The van der Waals surface area contributed by atoms with Gasteiger partial charge in [-0.2, -0.15) is 0 Å². The molecule has 0 aliphatic carbocycles. The molecule has 4 rings (SSSR count). The Balaban J connectivity index is 1.39. The van der Waals surface area contributed by atoms with Gasteiger partial charge < -0.3 is 24.8 Å². The number of nitrogens with one attached hydrogen (secondary N) is 1. The van der Waals surface area contributed by atoms with E-state index >= 15 is 0 Å². The zero-order valence-electron chi connectivity index (χ0n) is 15.1. The van der Waals surface area contributed by atoms with Crippen molar-refractivity contribution >= 4 is 29.1 Å². The predicted octanol–water partition coefficient (Wildman–Crippen LogP) is 3.04. The number of hydrogen-bond acceptors (Lipinski definition) is 5. The van der Waals surface area contributed by atoms with Crippen molar-refractivity contribution in [2.24, 2.45) is 0 Å². The maximum absolute atomic E-state index is 13.2. The van der Waals surface area contributed by atoms with Crippen LogP contribution in [0.1, 0.15) is 5.56 Å². The topological polar surface area (TPSA) is 88.1 Å². The zero-order valence-corrected chi connectivity index (χ0v) is 15.8. The summed E-state index contributed by atoms with van der Waals surface area (Å²) in [5.74, 6) is -0.973. The molecule has 2 aromatic carbocycles. The Labute approximate surface area is 170 Å². The molecule has 0 radical (unpaired) electrons. The molecule has 7 nitrogen and oxygen atoms in total. The van der Waals surface area contributed by atoms with Gasteiger partial charge in [0, 0.05) is 12.2 Å². The summed E-state index contributed by atoms with van der Waals surface area (Å²) in [6, 6.07) is 9.14. The van der Waals surface area contributed by atoms with E-state index < -0.39 is 17.6 Å². The molecule has 0 atom stereocenters. The van der Waals surface area contributed by atoms with Crippen molar-refractivity contribution in [2.45, 2.75) is 6.42 Å². The molecule has 0 aromatic heterocycles. The fourth-order valence-electron chi connectivity index (χ4n) is 3.15. The lowest BCUT2D eigenvalue weighted by atomic mass is 10.1. The number of aliphatic hydroxyl groups excluding tert-OH is 1. The Hall–Kier alpha value is -3.26. The fourth-order valence-corrected chi connectivity index (χ4v) is 3.33. The Morgan fingerprint density at radius 2 is 2.00 bits per heavy atom. The molecular weight excluding hydrogens is 403 g/mol. The highest BCUT2D eigenvalue weighted by Crippen LogP contribution is 2.32. The minimum atomic E-state index is -0.777. The van der Waals surface area contributed by atoms with Gasteiger partial charge in [0.25, 0.3) is 11.8 Å². The maximum atomic E-state index is 13.2. The first-order chi connectivity index (χ1) is 13.9. The third-order valence-corrected chi connectivity index (χ3v) is 4.93. The number of carbonyl (C=O) groups excluding carboxylic acids is 2. The molecular formula is C20H16ClFN2O5. The molecule has 0 unspecified atom stereocenters. The van der Waals surface area contributed by atoms with E-state index in [4.69, 9.17) is 21.1 Å². The van der Waals surface area contributed by atoms with Gasteiger partial charge in [-0.3, -0.25) is 9.59 Å². The number of ether oxygens (including phenoxy) is 2. The number of fused-ring (bicyclic) bond motifs is 1. The van der Waals surface area contributed by atoms with Crippen LogP contribution in [0.25, 0.3) is 0 Å². The Kier molecular flexibility index (Phi) is 5.02. The van der Waals surface area contributed by atoms with E-state index in [1.807, 2.05) is 12.1 Å². The Morgan fingerprint density at radius 1 is 1.21 bits per heavy atom. The van der Waals surface area contributed by atoms with Crippen LogP contribution in [0.3, 0.4) is 0 Å². The maximum Gasteiger partial charge on any atom is 0.264 e. The molecule has 2 amide bonds. The second kappa shape index (κ2) is 7.63. The number of anilines is 1. The summed E-state index contributed by atoms with van der Waals surface area (Å²) < 4.78 is 23.8. The molecule has 150 valence electrons. The first kappa shape index (κ1) is 19.1. The number of halogens is 2. The number of hydrogen-bond donors (Lipinski definition) is 2. The zero-order chi connectivity index (χ0) is 20.5. The lowest BCUT2D eigenvalue weighted by Crippen LogP contribution is -2.32. The standard InChI is InChI=1S/C20H16ClFN2O5/c21-13-8-12(2-3-14(13)22)23-19(26)18-15(25)9-24(20(18)27)6-5-11-1-4-16-17(7-11)29-10-28-16/h1-4,7-8,25H,5-6,9-10H2,(H,23,26). The van der Waals surface area contributed by atoms with Crippen molar-refractivity contribution in [2.75, 3.05) is 25.2 Å². The molecule has 2 heterocycles. The molecule has 0 spiro atoms. The number of amides is 2. The van der Waals surface area contributed by atoms with E-state index in [1.165, 1.54) is 17.0 Å². The lowest BCUT2D eigenvalue weighted by Gasteiger charge is -2.16. The predicted molar refractivity (Wildman–Crippen MR) is 103 cm³/mol. The summed E-state index contributed by atoms with van der Waals surface area (Å²) >= 11 is 5.69. The monoisotopic (exact) mass is 418 g/mol. The molecule has 0 saturated heterocycles. The molecule has 9 heteroatoms. The van der Waals surface area contributed by atoms with E-state index in [0.717, 1.165) is 11.6 Å². The number of rotatable bonds is 5. The van der Waals surface area contributed by atoms with Crippen molar-refractivity contribution in [3.8, 4) is 11.5 Å². The normalized spacial score (nSPS) is 15.2. The van der Waals surface area contributed by atoms with E-state index in [0.29, 0.717) is 24.5 Å². The molecule has 0 saturated carbocycles. The first-order valence-electron chi connectivity index (χ1n) is 8.78. The van der Waals surface area contributed by atoms with Crippen LogP contribution < -0.4 is 14.8 Å². The molecule has 0 bridgehead atoms. The minimum Gasteiger partial charge on any atom is -0.509 e. The van der Waals surface area contributed by atoms with Gasteiger partial charge in [0.05, 0.1) is 11.6 Å². The number of aliphatic hydroxyl groups is 1. The minimum absolute atomic E-state index is 0.0592. The summed E-state index contributed by atoms with van der Waals surface area (Å²) in [5, 5.41) is 12.4. The quantitative estimate of drug-likeness (QED) is 0.729. The number of nitrogens with zero attached hydrogens (tertiary/aromatic N) is 1. The number of benzene rings is 2. The van der Waals surface area contributed by atoms with Crippen LogP contribution in [-0.2, 0) is 16.0 Å². The van der Waals surface area contributed by atoms with Gasteiger partial charge >= 0.3 is 0 Å². The molecule has 0 fully saturated rings. The summed E-state index contributed by atoms with van der Waals surface area (Å²) in [7, 11) is 0. The van der Waals surface area contributed by atoms with Gasteiger partial charge in [0.15, 0.2) is 11.5 Å². The Morgan fingerprint density at radius 3 is 2.79 bits per heavy atom.